The zero-order valence-electron chi connectivity index (χ0n) is 8.31. The zero-order valence-corrected chi connectivity index (χ0v) is 9.13. The van der Waals surface area contributed by atoms with Gasteiger partial charge in [-0.15, -0.1) is 0 Å². The molecule has 2 rings (SSSR count). The SMILES string of the molecule is O=S(=O)(C1CCOC1)N1CCCCC1. The fraction of sp³-hybridized carbons (Fsp3) is 1.00. The van der Waals surface area contributed by atoms with E-state index in [0.717, 1.165) is 19.3 Å². The van der Waals surface area contributed by atoms with Crippen LogP contribution in [0.2, 0.25) is 0 Å². The van der Waals surface area contributed by atoms with Gasteiger partial charge in [0.15, 0.2) is 0 Å². The summed E-state index contributed by atoms with van der Waals surface area (Å²) in [5.41, 5.74) is 0. The van der Waals surface area contributed by atoms with Crippen LogP contribution in [0.3, 0.4) is 0 Å². The van der Waals surface area contributed by atoms with Crippen LogP contribution in [-0.4, -0.2) is 44.3 Å². The molecule has 2 saturated heterocycles. The van der Waals surface area contributed by atoms with Gasteiger partial charge in [-0.1, -0.05) is 6.42 Å². The number of nitrogens with zero attached hydrogens (tertiary/aromatic N) is 1. The van der Waals surface area contributed by atoms with E-state index in [4.69, 9.17) is 4.74 Å². The molecule has 0 aromatic rings. The minimum Gasteiger partial charge on any atom is -0.380 e. The maximum absolute atomic E-state index is 12.0. The Bertz CT molecular complexity index is 276. The van der Waals surface area contributed by atoms with Crippen molar-refractivity contribution in [2.75, 3.05) is 26.3 Å². The van der Waals surface area contributed by atoms with Gasteiger partial charge in [-0.25, -0.2) is 12.7 Å². The van der Waals surface area contributed by atoms with Crippen molar-refractivity contribution in [1.29, 1.82) is 0 Å². The lowest BCUT2D eigenvalue weighted by atomic mass is 10.2. The summed E-state index contributed by atoms with van der Waals surface area (Å²) in [5.74, 6) is 0. The van der Waals surface area contributed by atoms with Crippen LogP contribution in [0, 0.1) is 0 Å². The molecule has 2 aliphatic rings. The smallest absolute Gasteiger partial charge is 0.219 e. The second kappa shape index (κ2) is 4.16. The lowest BCUT2D eigenvalue weighted by Crippen LogP contribution is -2.41. The highest BCUT2D eigenvalue weighted by molar-refractivity contribution is 7.89. The molecule has 0 N–H and O–H groups in total. The highest BCUT2D eigenvalue weighted by atomic mass is 32.2. The number of sulfonamides is 1. The average Bonchev–Trinajstić information content (AvgIpc) is 2.72. The average molecular weight is 219 g/mol. The van der Waals surface area contributed by atoms with Crippen molar-refractivity contribution in [2.24, 2.45) is 0 Å². The summed E-state index contributed by atoms with van der Waals surface area (Å²) >= 11 is 0. The van der Waals surface area contributed by atoms with Gasteiger partial charge in [-0.2, -0.15) is 0 Å². The highest BCUT2D eigenvalue weighted by Crippen LogP contribution is 2.21. The first-order chi connectivity index (χ1) is 6.71. The molecule has 2 fully saturated rings. The van der Waals surface area contributed by atoms with Crippen LogP contribution in [0.15, 0.2) is 0 Å². The Balaban J connectivity index is 2.05. The molecular formula is C9H17NO3S. The molecule has 82 valence electrons. The Labute approximate surface area is 85.3 Å². The first kappa shape index (κ1) is 10.4. The van der Waals surface area contributed by atoms with Crippen molar-refractivity contribution in [1.82, 2.24) is 4.31 Å². The lowest BCUT2D eigenvalue weighted by molar-refractivity contribution is 0.197. The standard InChI is InChI=1S/C9H17NO3S/c11-14(12,9-4-7-13-8-9)10-5-2-1-3-6-10/h9H,1-8H2. The predicted molar refractivity (Wildman–Crippen MR) is 53.6 cm³/mol. The van der Waals surface area contributed by atoms with Gasteiger partial charge in [0.05, 0.1) is 6.61 Å². The topological polar surface area (TPSA) is 46.6 Å². The fourth-order valence-electron chi connectivity index (χ4n) is 2.08. The summed E-state index contributed by atoms with van der Waals surface area (Å²) in [6.45, 7) is 2.40. The van der Waals surface area contributed by atoms with Crippen LogP contribution in [0.1, 0.15) is 25.7 Å². The van der Waals surface area contributed by atoms with E-state index in [1.54, 1.807) is 4.31 Å². The van der Waals surface area contributed by atoms with Crippen LogP contribution in [0.5, 0.6) is 0 Å². The largest absolute Gasteiger partial charge is 0.380 e. The molecule has 14 heavy (non-hydrogen) atoms. The molecular weight excluding hydrogens is 202 g/mol. The summed E-state index contributed by atoms with van der Waals surface area (Å²) in [6.07, 6.45) is 3.84. The Morgan fingerprint density at radius 3 is 2.43 bits per heavy atom. The molecule has 0 saturated carbocycles. The van der Waals surface area contributed by atoms with Crippen molar-refractivity contribution in [3.63, 3.8) is 0 Å². The minimum absolute atomic E-state index is 0.277. The van der Waals surface area contributed by atoms with E-state index < -0.39 is 10.0 Å². The molecule has 0 bridgehead atoms. The van der Waals surface area contributed by atoms with Gasteiger partial charge in [0, 0.05) is 19.7 Å². The highest BCUT2D eigenvalue weighted by Gasteiger charge is 2.35. The van der Waals surface area contributed by atoms with Crippen LogP contribution in [0.4, 0.5) is 0 Å². The molecule has 0 spiro atoms. The third-order valence-corrected chi connectivity index (χ3v) is 5.28. The molecule has 0 aliphatic carbocycles. The van der Waals surface area contributed by atoms with Gasteiger partial charge >= 0.3 is 0 Å². The van der Waals surface area contributed by atoms with Gasteiger partial charge in [0.1, 0.15) is 5.25 Å². The van der Waals surface area contributed by atoms with E-state index in [-0.39, 0.29) is 5.25 Å². The molecule has 2 aliphatic heterocycles. The zero-order chi connectivity index (χ0) is 10.0. The van der Waals surface area contributed by atoms with E-state index >= 15 is 0 Å². The lowest BCUT2D eigenvalue weighted by Gasteiger charge is -2.28. The summed E-state index contributed by atoms with van der Waals surface area (Å²) in [5, 5.41) is -0.277. The first-order valence-corrected chi connectivity index (χ1v) is 6.78. The summed E-state index contributed by atoms with van der Waals surface area (Å²) in [6, 6.07) is 0. The molecule has 4 nitrogen and oxygen atoms in total. The monoisotopic (exact) mass is 219 g/mol. The fourth-order valence-corrected chi connectivity index (χ4v) is 3.93. The van der Waals surface area contributed by atoms with E-state index in [1.165, 1.54) is 0 Å². The summed E-state index contributed by atoms with van der Waals surface area (Å²) < 4.78 is 30.8. The Morgan fingerprint density at radius 2 is 1.86 bits per heavy atom. The molecule has 0 amide bonds. The third kappa shape index (κ3) is 1.94. The van der Waals surface area contributed by atoms with Gasteiger partial charge < -0.3 is 4.74 Å². The van der Waals surface area contributed by atoms with Gasteiger partial charge in [-0.05, 0) is 19.3 Å². The summed E-state index contributed by atoms with van der Waals surface area (Å²) in [7, 11) is -3.05. The molecule has 1 unspecified atom stereocenters. The predicted octanol–water partition coefficient (Wildman–Crippen LogP) is 0.591. The first-order valence-electron chi connectivity index (χ1n) is 5.28. The van der Waals surface area contributed by atoms with E-state index in [1.807, 2.05) is 0 Å². The van der Waals surface area contributed by atoms with Gasteiger partial charge in [0.2, 0.25) is 10.0 Å². The van der Waals surface area contributed by atoms with Gasteiger partial charge in [0.25, 0.3) is 0 Å². The number of ether oxygens (including phenoxy) is 1. The van der Waals surface area contributed by atoms with Crippen molar-refractivity contribution in [3.8, 4) is 0 Å². The second-order valence-corrected chi connectivity index (χ2v) is 6.20. The van der Waals surface area contributed by atoms with Crippen molar-refractivity contribution >= 4 is 10.0 Å². The Kier molecular flexibility index (Phi) is 3.09. The maximum Gasteiger partial charge on any atom is 0.219 e. The Morgan fingerprint density at radius 1 is 1.14 bits per heavy atom. The molecule has 0 aromatic carbocycles. The minimum atomic E-state index is -3.05. The maximum atomic E-state index is 12.0. The molecule has 0 radical (unpaired) electrons. The van der Waals surface area contributed by atoms with Crippen LogP contribution < -0.4 is 0 Å². The van der Waals surface area contributed by atoms with E-state index in [9.17, 15) is 8.42 Å². The molecule has 2 heterocycles. The number of hydrogen-bond donors (Lipinski definition) is 0. The van der Waals surface area contributed by atoms with Crippen LogP contribution in [0.25, 0.3) is 0 Å². The van der Waals surface area contributed by atoms with Gasteiger partial charge in [-0.3, -0.25) is 0 Å². The third-order valence-electron chi connectivity index (χ3n) is 2.98. The number of hydrogen-bond acceptors (Lipinski definition) is 3. The quantitative estimate of drug-likeness (QED) is 0.683. The number of piperidine rings is 1. The molecule has 0 aromatic heterocycles. The van der Waals surface area contributed by atoms with Crippen LogP contribution >= 0.6 is 0 Å². The Hall–Kier alpha value is -0.130. The second-order valence-electron chi connectivity index (χ2n) is 3.99. The van der Waals surface area contributed by atoms with Crippen molar-refractivity contribution < 1.29 is 13.2 Å². The normalized spacial score (nSPS) is 30.7. The van der Waals surface area contributed by atoms with E-state index in [0.29, 0.717) is 32.7 Å². The molecule has 1 atom stereocenters. The van der Waals surface area contributed by atoms with Crippen molar-refractivity contribution in [2.45, 2.75) is 30.9 Å². The molecule has 5 heteroatoms. The summed E-state index contributed by atoms with van der Waals surface area (Å²) in [4.78, 5) is 0. The van der Waals surface area contributed by atoms with E-state index in [2.05, 4.69) is 0 Å². The number of rotatable bonds is 2. The van der Waals surface area contributed by atoms with Crippen molar-refractivity contribution in [3.05, 3.63) is 0 Å². The van der Waals surface area contributed by atoms with Crippen LogP contribution in [-0.2, 0) is 14.8 Å².